The summed E-state index contributed by atoms with van der Waals surface area (Å²) >= 11 is 0. The van der Waals surface area contributed by atoms with Crippen LogP contribution in [0.2, 0.25) is 0 Å². The molecule has 0 aliphatic heterocycles. The van der Waals surface area contributed by atoms with Crippen molar-refractivity contribution < 1.29 is 14.3 Å². The van der Waals surface area contributed by atoms with E-state index in [0.717, 1.165) is 16.7 Å². The molecule has 108 valence electrons. The highest BCUT2D eigenvalue weighted by Gasteiger charge is 2.02. The number of benzene rings is 2. The Morgan fingerprint density at radius 2 is 1.95 bits per heavy atom. The van der Waals surface area contributed by atoms with Crippen LogP contribution in [0, 0.1) is 5.82 Å². The summed E-state index contributed by atoms with van der Waals surface area (Å²) in [5, 5.41) is 11.8. The summed E-state index contributed by atoms with van der Waals surface area (Å²) in [6, 6.07) is 13.0. The van der Waals surface area contributed by atoms with Crippen molar-refractivity contribution in [3.05, 3.63) is 71.6 Å². The normalized spacial score (nSPS) is 11.3. The fraction of sp³-hybridized carbons (Fsp3) is 0.118. The average Bonchev–Trinajstić information content (AvgIpc) is 2.47. The number of aliphatic hydroxyl groups is 1. The Balaban J connectivity index is 2.09. The minimum absolute atomic E-state index is 0.0752. The average molecular weight is 285 g/mol. The number of allylic oxidation sites excluding steroid dienone is 1. The third-order valence-corrected chi connectivity index (χ3v) is 3.02. The van der Waals surface area contributed by atoms with Gasteiger partial charge in [0.25, 0.3) is 0 Å². The molecule has 2 rings (SSSR count). The molecule has 0 aromatic heterocycles. The molecule has 2 N–H and O–H groups in total. The number of amides is 1. The highest BCUT2D eigenvalue weighted by molar-refractivity contribution is 6.03. The number of carbonyl (C=O) groups excluding carboxylic acids is 1. The van der Waals surface area contributed by atoms with Crippen LogP contribution in [0.4, 0.5) is 10.1 Å². The van der Waals surface area contributed by atoms with Crippen molar-refractivity contribution in [2.45, 2.75) is 13.5 Å². The number of halogens is 1. The Bertz CT molecular complexity index is 663. The lowest BCUT2D eigenvalue weighted by atomic mass is 10.1. The van der Waals surface area contributed by atoms with Crippen LogP contribution in [0.15, 0.2) is 54.6 Å². The third kappa shape index (κ3) is 4.26. The molecule has 0 atom stereocenters. The maximum atomic E-state index is 12.9. The quantitative estimate of drug-likeness (QED) is 0.846. The zero-order chi connectivity index (χ0) is 15.2. The summed E-state index contributed by atoms with van der Waals surface area (Å²) in [6.45, 7) is 1.71. The van der Waals surface area contributed by atoms with Crippen molar-refractivity contribution in [2.75, 3.05) is 5.32 Å². The van der Waals surface area contributed by atoms with Crippen LogP contribution in [0.5, 0.6) is 0 Å². The molecule has 2 aromatic rings. The zero-order valence-electron chi connectivity index (χ0n) is 11.6. The largest absolute Gasteiger partial charge is 0.392 e. The summed E-state index contributed by atoms with van der Waals surface area (Å²) in [4.78, 5) is 11.9. The molecular weight excluding hydrogens is 269 g/mol. The molecule has 1 amide bonds. The van der Waals surface area contributed by atoms with Gasteiger partial charge in [-0.2, -0.15) is 0 Å². The number of anilines is 1. The van der Waals surface area contributed by atoms with Crippen molar-refractivity contribution in [3.8, 4) is 0 Å². The molecule has 0 spiro atoms. The molecule has 0 fully saturated rings. The van der Waals surface area contributed by atoms with E-state index in [1.807, 2.05) is 0 Å². The first kappa shape index (κ1) is 14.9. The van der Waals surface area contributed by atoms with E-state index in [-0.39, 0.29) is 18.3 Å². The predicted molar refractivity (Wildman–Crippen MR) is 81.0 cm³/mol. The van der Waals surface area contributed by atoms with Gasteiger partial charge >= 0.3 is 0 Å². The van der Waals surface area contributed by atoms with E-state index in [2.05, 4.69) is 5.32 Å². The van der Waals surface area contributed by atoms with Gasteiger partial charge in [0.05, 0.1) is 6.61 Å². The van der Waals surface area contributed by atoms with Crippen molar-refractivity contribution in [3.63, 3.8) is 0 Å². The van der Waals surface area contributed by atoms with Gasteiger partial charge in [0, 0.05) is 11.8 Å². The molecule has 2 aromatic carbocycles. The van der Waals surface area contributed by atoms with Gasteiger partial charge < -0.3 is 10.4 Å². The molecule has 3 nitrogen and oxygen atoms in total. The van der Waals surface area contributed by atoms with E-state index < -0.39 is 0 Å². The molecule has 0 bridgehead atoms. The number of hydrogen-bond acceptors (Lipinski definition) is 2. The van der Waals surface area contributed by atoms with Gasteiger partial charge in [0.2, 0.25) is 5.91 Å². The standard InChI is InChI=1S/C17H16FNO2/c1-12(14-5-7-15(18)8-6-14)9-17(21)19-16-4-2-3-13(10-16)11-20/h2-10,20H,11H2,1H3,(H,19,21)/b12-9-. The summed E-state index contributed by atoms with van der Waals surface area (Å²) < 4.78 is 12.9. The minimum atomic E-state index is -0.309. The predicted octanol–water partition coefficient (Wildman–Crippen LogP) is 3.36. The number of rotatable bonds is 4. The number of hydrogen-bond donors (Lipinski definition) is 2. The highest BCUT2D eigenvalue weighted by atomic mass is 19.1. The maximum absolute atomic E-state index is 12.9. The molecule has 0 aliphatic carbocycles. The second-order valence-corrected chi connectivity index (χ2v) is 4.68. The van der Waals surface area contributed by atoms with E-state index in [1.54, 1.807) is 43.3 Å². The smallest absolute Gasteiger partial charge is 0.248 e. The van der Waals surface area contributed by atoms with Crippen LogP contribution in [-0.2, 0) is 11.4 Å². The monoisotopic (exact) mass is 285 g/mol. The van der Waals surface area contributed by atoms with Crippen LogP contribution < -0.4 is 5.32 Å². The van der Waals surface area contributed by atoms with E-state index in [1.165, 1.54) is 18.2 Å². The van der Waals surface area contributed by atoms with Crippen molar-refractivity contribution in [2.24, 2.45) is 0 Å². The SMILES string of the molecule is C/C(=C/C(=O)Nc1cccc(CO)c1)c1ccc(F)cc1. The van der Waals surface area contributed by atoms with E-state index in [0.29, 0.717) is 5.69 Å². The van der Waals surface area contributed by atoms with Crippen LogP contribution in [0.25, 0.3) is 5.57 Å². The molecule has 4 heteroatoms. The zero-order valence-corrected chi connectivity index (χ0v) is 11.6. The summed E-state index contributed by atoms with van der Waals surface area (Å²) in [7, 11) is 0. The number of aliphatic hydroxyl groups excluding tert-OH is 1. The second kappa shape index (κ2) is 6.81. The van der Waals surface area contributed by atoms with Crippen LogP contribution in [0.1, 0.15) is 18.1 Å². The van der Waals surface area contributed by atoms with Gasteiger partial charge in [-0.05, 0) is 47.9 Å². The topological polar surface area (TPSA) is 49.3 Å². The Kier molecular flexibility index (Phi) is 4.85. The van der Waals surface area contributed by atoms with Gasteiger partial charge in [0.1, 0.15) is 5.82 Å². The van der Waals surface area contributed by atoms with E-state index in [9.17, 15) is 9.18 Å². The highest BCUT2D eigenvalue weighted by Crippen LogP contribution is 2.15. The molecular formula is C17H16FNO2. The van der Waals surface area contributed by atoms with Gasteiger partial charge in [-0.3, -0.25) is 4.79 Å². The molecule has 0 aliphatic rings. The molecule has 0 unspecified atom stereocenters. The first-order valence-electron chi connectivity index (χ1n) is 6.53. The Morgan fingerprint density at radius 1 is 1.24 bits per heavy atom. The number of nitrogens with one attached hydrogen (secondary N) is 1. The Labute approximate surface area is 122 Å². The van der Waals surface area contributed by atoms with E-state index >= 15 is 0 Å². The van der Waals surface area contributed by atoms with Gasteiger partial charge in [-0.15, -0.1) is 0 Å². The van der Waals surface area contributed by atoms with Crippen LogP contribution in [0.3, 0.4) is 0 Å². The molecule has 0 saturated heterocycles. The Hall–Kier alpha value is -2.46. The van der Waals surface area contributed by atoms with Crippen molar-refractivity contribution in [1.29, 1.82) is 0 Å². The third-order valence-electron chi connectivity index (χ3n) is 3.02. The van der Waals surface area contributed by atoms with Crippen molar-refractivity contribution >= 4 is 17.2 Å². The second-order valence-electron chi connectivity index (χ2n) is 4.68. The fourth-order valence-electron chi connectivity index (χ4n) is 1.92. The lowest BCUT2D eigenvalue weighted by Crippen LogP contribution is -2.08. The fourth-order valence-corrected chi connectivity index (χ4v) is 1.92. The molecule has 0 radical (unpaired) electrons. The van der Waals surface area contributed by atoms with Gasteiger partial charge in [-0.1, -0.05) is 24.3 Å². The molecule has 21 heavy (non-hydrogen) atoms. The summed E-state index contributed by atoms with van der Waals surface area (Å²) in [5.41, 5.74) is 2.88. The first-order chi connectivity index (χ1) is 10.1. The molecule has 0 saturated carbocycles. The maximum Gasteiger partial charge on any atom is 0.248 e. The Morgan fingerprint density at radius 3 is 2.62 bits per heavy atom. The lowest BCUT2D eigenvalue weighted by Gasteiger charge is -2.05. The van der Waals surface area contributed by atoms with E-state index in [4.69, 9.17) is 5.11 Å². The van der Waals surface area contributed by atoms with Gasteiger partial charge in [-0.25, -0.2) is 4.39 Å². The molecule has 0 heterocycles. The van der Waals surface area contributed by atoms with Crippen molar-refractivity contribution in [1.82, 2.24) is 0 Å². The summed E-state index contributed by atoms with van der Waals surface area (Å²) in [6.07, 6.45) is 1.46. The first-order valence-corrected chi connectivity index (χ1v) is 6.53. The summed E-state index contributed by atoms with van der Waals surface area (Å²) in [5.74, 6) is -0.580. The number of carbonyl (C=O) groups is 1. The lowest BCUT2D eigenvalue weighted by molar-refractivity contribution is -0.111. The van der Waals surface area contributed by atoms with Crippen LogP contribution >= 0.6 is 0 Å². The minimum Gasteiger partial charge on any atom is -0.392 e. The van der Waals surface area contributed by atoms with Crippen LogP contribution in [-0.4, -0.2) is 11.0 Å². The van der Waals surface area contributed by atoms with Gasteiger partial charge in [0.15, 0.2) is 0 Å².